The third-order valence-electron chi connectivity index (χ3n) is 3.97. The minimum atomic E-state index is -0.643. The van der Waals surface area contributed by atoms with Crippen molar-refractivity contribution in [3.8, 4) is 0 Å². The van der Waals surface area contributed by atoms with Crippen LogP contribution in [0.5, 0.6) is 0 Å². The molecule has 24 heavy (non-hydrogen) atoms. The molecule has 1 aliphatic rings. The first-order valence-electron chi connectivity index (χ1n) is 7.42. The molecule has 7 heteroatoms. The van der Waals surface area contributed by atoms with Gasteiger partial charge in [-0.3, -0.25) is 0 Å². The number of H-pyrrole nitrogens is 1. The van der Waals surface area contributed by atoms with Gasteiger partial charge in [0.15, 0.2) is 0 Å². The molecule has 0 bridgehead atoms. The molecule has 1 aliphatic heterocycles. The molecule has 0 fully saturated rings. The Morgan fingerprint density at radius 1 is 1.29 bits per heavy atom. The number of aliphatic imine (C=N–C) groups is 1. The van der Waals surface area contributed by atoms with Crippen molar-refractivity contribution in [1.29, 1.82) is 0 Å². The number of halogens is 2. The Labute approximate surface area is 136 Å². The number of nitrogens with zero attached hydrogens (tertiary/aromatic N) is 2. The van der Waals surface area contributed by atoms with E-state index < -0.39 is 17.8 Å². The zero-order chi connectivity index (χ0) is 16.8. The summed E-state index contributed by atoms with van der Waals surface area (Å²) < 4.78 is 29.4. The lowest BCUT2D eigenvalue weighted by atomic mass is 10.1. The number of hydrogen-bond acceptors (Lipinski definition) is 3. The van der Waals surface area contributed by atoms with E-state index in [4.69, 9.17) is 5.73 Å². The van der Waals surface area contributed by atoms with E-state index in [1.807, 2.05) is 30.1 Å². The van der Waals surface area contributed by atoms with Crippen molar-refractivity contribution in [2.75, 3.05) is 0 Å². The van der Waals surface area contributed by atoms with Crippen LogP contribution < -0.4 is 11.1 Å². The van der Waals surface area contributed by atoms with Crippen LogP contribution >= 0.6 is 0 Å². The number of rotatable bonds is 2. The SMILES string of the molecule is Cn1ccc(C2=CC(N)N=C(c3c[nH]c4c(F)cc(F)cc34)N2)c1. The molecule has 1 unspecified atom stereocenters. The van der Waals surface area contributed by atoms with E-state index in [1.165, 1.54) is 6.07 Å². The molecule has 0 radical (unpaired) electrons. The highest BCUT2D eigenvalue weighted by Gasteiger charge is 2.20. The number of nitrogens with one attached hydrogen (secondary N) is 2. The first-order chi connectivity index (χ1) is 11.5. The molecule has 3 aromatic rings. The second-order valence-corrected chi connectivity index (χ2v) is 5.75. The number of aromatic nitrogens is 2. The molecule has 3 heterocycles. The van der Waals surface area contributed by atoms with Gasteiger partial charge in [0.05, 0.1) is 5.52 Å². The van der Waals surface area contributed by atoms with Crippen LogP contribution in [0.25, 0.3) is 16.6 Å². The second-order valence-electron chi connectivity index (χ2n) is 5.75. The lowest BCUT2D eigenvalue weighted by molar-refractivity contribution is 0.591. The number of aryl methyl sites for hydroxylation is 1. The molecule has 0 aliphatic carbocycles. The molecule has 4 N–H and O–H groups in total. The number of hydrogen-bond donors (Lipinski definition) is 3. The fourth-order valence-corrected chi connectivity index (χ4v) is 2.88. The van der Waals surface area contributed by atoms with Gasteiger partial charge in [-0.05, 0) is 18.2 Å². The van der Waals surface area contributed by atoms with Gasteiger partial charge in [0, 0.05) is 53.9 Å². The highest BCUT2D eigenvalue weighted by Crippen LogP contribution is 2.25. The quantitative estimate of drug-likeness (QED) is 0.677. The van der Waals surface area contributed by atoms with Crippen LogP contribution in [0.4, 0.5) is 8.78 Å². The van der Waals surface area contributed by atoms with E-state index in [1.54, 1.807) is 12.3 Å². The smallest absolute Gasteiger partial charge is 0.150 e. The lowest BCUT2D eigenvalue weighted by Crippen LogP contribution is -2.32. The summed E-state index contributed by atoms with van der Waals surface area (Å²) >= 11 is 0. The molecule has 5 nitrogen and oxygen atoms in total. The number of nitrogens with two attached hydrogens (primary N) is 1. The third-order valence-corrected chi connectivity index (χ3v) is 3.97. The van der Waals surface area contributed by atoms with E-state index in [2.05, 4.69) is 15.3 Å². The van der Waals surface area contributed by atoms with E-state index in [-0.39, 0.29) is 5.52 Å². The fraction of sp³-hybridized carbons (Fsp3) is 0.118. The molecule has 0 saturated carbocycles. The minimum Gasteiger partial charge on any atom is -0.358 e. The highest BCUT2D eigenvalue weighted by atomic mass is 19.1. The van der Waals surface area contributed by atoms with Crippen molar-refractivity contribution in [1.82, 2.24) is 14.9 Å². The summed E-state index contributed by atoms with van der Waals surface area (Å²) in [6.07, 6.45) is 6.72. The van der Waals surface area contributed by atoms with Crippen LogP contribution in [0.1, 0.15) is 11.1 Å². The summed E-state index contributed by atoms with van der Waals surface area (Å²) in [6, 6.07) is 4.07. The van der Waals surface area contributed by atoms with Crippen molar-refractivity contribution >= 4 is 22.4 Å². The topological polar surface area (TPSA) is 71.1 Å². The van der Waals surface area contributed by atoms with E-state index >= 15 is 0 Å². The van der Waals surface area contributed by atoms with Gasteiger partial charge >= 0.3 is 0 Å². The molecule has 122 valence electrons. The minimum absolute atomic E-state index is 0.236. The summed E-state index contributed by atoms with van der Waals surface area (Å²) in [7, 11) is 1.92. The van der Waals surface area contributed by atoms with Crippen LogP contribution in [0.3, 0.4) is 0 Å². The van der Waals surface area contributed by atoms with Crippen molar-refractivity contribution in [3.63, 3.8) is 0 Å². The average Bonchev–Trinajstić information content (AvgIpc) is 3.13. The van der Waals surface area contributed by atoms with Gasteiger partial charge in [0.25, 0.3) is 0 Å². The van der Waals surface area contributed by atoms with Crippen LogP contribution in [-0.2, 0) is 7.05 Å². The second kappa shape index (κ2) is 5.31. The molecule has 0 saturated heterocycles. The number of benzene rings is 1. The van der Waals surface area contributed by atoms with Crippen molar-refractivity contribution < 1.29 is 8.78 Å². The largest absolute Gasteiger partial charge is 0.358 e. The molecule has 4 rings (SSSR count). The summed E-state index contributed by atoms with van der Waals surface area (Å²) in [5.41, 5.74) is 8.57. The van der Waals surface area contributed by atoms with Gasteiger partial charge in [-0.2, -0.15) is 0 Å². The van der Waals surface area contributed by atoms with Gasteiger partial charge in [-0.25, -0.2) is 13.8 Å². The summed E-state index contributed by atoms with van der Waals surface area (Å²) in [5, 5.41) is 3.62. The number of amidine groups is 1. The van der Waals surface area contributed by atoms with Crippen LogP contribution in [0.15, 0.2) is 47.9 Å². The van der Waals surface area contributed by atoms with Gasteiger partial charge in [0.1, 0.15) is 23.6 Å². The molecule has 2 aromatic heterocycles. The van der Waals surface area contributed by atoms with Gasteiger partial charge < -0.3 is 20.6 Å². The van der Waals surface area contributed by atoms with Crippen molar-refractivity contribution in [3.05, 3.63) is 65.6 Å². The van der Waals surface area contributed by atoms with E-state index in [0.29, 0.717) is 16.8 Å². The summed E-state index contributed by atoms with van der Waals surface area (Å²) in [5.74, 6) is -0.809. The van der Waals surface area contributed by atoms with Crippen LogP contribution in [0, 0.1) is 11.6 Å². The maximum absolute atomic E-state index is 13.9. The molecule has 1 atom stereocenters. The van der Waals surface area contributed by atoms with E-state index in [0.717, 1.165) is 17.3 Å². The average molecular weight is 327 g/mol. The van der Waals surface area contributed by atoms with Gasteiger partial charge in [-0.1, -0.05) is 0 Å². The first kappa shape index (κ1) is 14.6. The van der Waals surface area contributed by atoms with Crippen LogP contribution in [0.2, 0.25) is 0 Å². The third kappa shape index (κ3) is 2.39. The maximum Gasteiger partial charge on any atom is 0.150 e. The predicted octanol–water partition coefficient (Wildman–Crippen LogP) is 2.46. The van der Waals surface area contributed by atoms with Crippen molar-refractivity contribution in [2.24, 2.45) is 17.8 Å². The Balaban J connectivity index is 1.77. The fourth-order valence-electron chi connectivity index (χ4n) is 2.88. The zero-order valence-corrected chi connectivity index (χ0v) is 12.8. The number of fused-ring (bicyclic) bond motifs is 1. The molecular formula is C17H15F2N5. The Morgan fingerprint density at radius 2 is 2.12 bits per heavy atom. The zero-order valence-electron chi connectivity index (χ0n) is 12.8. The molecule has 1 aromatic carbocycles. The first-order valence-corrected chi connectivity index (χ1v) is 7.42. The van der Waals surface area contributed by atoms with E-state index in [9.17, 15) is 8.78 Å². The van der Waals surface area contributed by atoms with Gasteiger partial charge in [0.2, 0.25) is 0 Å². The Morgan fingerprint density at radius 3 is 2.88 bits per heavy atom. The monoisotopic (exact) mass is 327 g/mol. The normalized spacial score (nSPS) is 17.6. The predicted molar refractivity (Wildman–Crippen MR) is 89.3 cm³/mol. The van der Waals surface area contributed by atoms with Gasteiger partial charge in [-0.15, -0.1) is 0 Å². The van der Waals surface area contributed by atoms with Crippen LogP contribution in [-0.4, -0.2) is 21.6 Å². The summed E-state index contributed by atoms with van der Waals surface area (Å²) in [6.45, 7) is 0. The Hall–Kier alpha value is -2.93. The number of aromatic amines is 1. The molecular weight excluding hydrogens is 312 g/mol. The lowest BCUT2D eigenvalue weighted by Gasteiger charge is -2.19. The highest BCUT2D eigenvalue weighted by molar-refractivity contribution is 6.13. The van der Waals surface area contributed by atoms with Crippen molar-refractivity contribution in [2.45, 2.75) is 6.17 Å². The maximum atomic E-state index is 13.9. The standard InChI is InChI=1S/C17H15F2N5/c1-24-3-2-9(8-24)14-6-15(20)23-17(22-14)12-7-21-16-11(12)4-10(18)5-13(16)19/h2-8,15,21H,20H2,1H3,(H,22,23). The summed E-state index contributed by atoms with van der Waals surface area (Å²) in [4.78, 5) is 7.18. The molecule has 0 amide bonds. The Bertz CT molecular complexity index is 996. The Kier molecular flexibility index (Phi) is 3.24. The molecule has 0 spiro atoms.